The number of piperidine rings is 1. The van der Waals surface area contributed by atoms with E-state index >= 15 is 0 Å². The van der Waals surface area contributed by atoms with Crippen molar-refractivity contribution in [2.75, 3.05) is 23.3 Å². The highest BCUT2D eigenvalue weighted by molar-refractivity contribution is 6.34. The Bertz CT molecular complexity index is 1250. The zero-order chi connectivity index (χ0) is 24.3. The number of aromatic nitrogens is 3. The number of alkyl halides is 3. The molecule has 11 heteroatoms. The molecular formula is C23H23ClF3N7. The first kappa shape index (κ1) is 23.6. The molecule has 5 N–H and O–H groups in total. The molecule has 0 amide bonds. The van der Waals surface area contributed by atoms with E-state index in [4.69, 9.17) is 23.1 Å². The summed E-state index contributed by atoms with van der Waals surface area (Å²) in [7, 11) is 0. The predicted molar refractivity (Wildman–Crippen MR) is 128 cm³/mol. The summed E-state index contributed by atoms with van der Waals surface area (Å²) in [5.41, 5.74) is 12.3. The Morgan fingerprint density at radius 1 is 1.06 bits per heavy atom. The predicted octanol–water partition coefficient (Wildman–Crippen LogP) is 5.12. The Balaban J connectivity index is 1.70. The second-order valence-corrected chi connectivity index (χ2v) is 8.19. The first-order valence-corrected chi connectivity index (χ1v) is 11.1. The van der Waals surface area contributed by atoms with Crippen LogP contribution in [0.3, 0.4) is 0 Å². The summed E-state index contributed by atoms with van der Waals surface area (Å²) >= 11 is 6.10. The van der Waals surface area contributed by atoms with Crippen LogP contribution in [-0.4, -0.2) is 28.0 Å². The van der Waals surface area contributed by atoms with E-state index in [1.807, 2.05) is 0 Å². The molecule has 0 saturated carbocycles. The van der Waals surface area contributed by atoms with E-state index in [0.717, 1.165) is 25.3 Å². The molecule has 0 radical (unpaired) electrons. The number of fused-ring (bicyclic) bond motifs is 1. The second kappa shape index (κ2) is 9.76. The van der Waals surface area contributed by atoms with Gasteiger partial charge in [-0.15, -0.1) is 0 Å². The van der Waals surface area contributed by atoms with E-state index in [2.05, 4.69) is 20.3 Å². The lowest BCUT2D eigenvalue weighted by molar-refractivity contribution is -0.137. The Hall–Kier alpha value is -3.53. The molecule has 0 bridgehead atoms. The van der Waals surface area contributed by atoms with Gasteiger partial charge in [-0.05, 0) is 61.9 Å². The zero-order valence-corrected chi connectivity index (χ0v) is 18.9. The molecule has 0 atom stereocenters. The molecule has 1 fully saturated rings. The molecule has 0 unspecified atom stereocenters. The van der Waals surface area contributed by atoms with Gasteiger partial charge in [0.05, 0.1) is 27.7 Å². The Morgan fingerprint density at radius 2 is 1.82 bits per heavy atom. The van der Waals surface area contributed by atoms with Gasteiger partial charge < -0.3 is 21.7 Å². The lowest BCUT2D eigenvalue weighted by Gasteiger charge is -2.30. The Kier molecular flexibility index (Phi) is 6.78. The number of nitrogens with two attached hydrogens (primary N) is 2. The number of hydrogen-bond acceptors (Lipinski definition) is 7. The number of halogens is 4. The summed E-state index contributed by atoms with van der Waals surface area (Å²) in [5.74, 6) is 0.233. The molecule has 3 aromatic rings. The normalized spacial score (nSPS) is 15.6. The van der Waals surface area contributed by atoms with Crippen LogP contribution in [0.1, 0.15) is 30.5 Å². The topological polar surface area (TPSA) is 106 Å². The van der Waals surface area contributed by atoms with Crippen LogP contribution >= 0.6 is 11.6 Å². The van der Waals surface area contributed by atoms with Gasteiger partial charge in [-0.1, -0.05) is 11.6 Å². The van der Waals surface area contributed by atoms with Crippen molar-refractivity contribution in [3.8, 4) is 0 Å². The quantitative estimate of drug-likeness (QED) is 0.427. The lowest BCUT2D eigenvalue weighted by Crippen LogP contribution is -2.32. The van der Waals surface area contributed by atoms with Gasteiger partial charge in [-0.3, -0.25) is 0 Å². The average Bonchev–Trinajstić information content (AvgIpc) is 2.83. The molecule has 4 heterocycles. The van der Waals surface area contributed by atoms with Crippen LogP contribution in [-0.2, 0) is 6.18 Å². The average molecular weight is 490 g/mol. The van der Waals surface area contributed by atoms with E-state index in [9.17, 15) is 13.2 Å². The van der Waals surface area contributed by atoms with E-state index < -0.39 is 11.7 Å². The fourth-order valence-electron chi connectivity index (χ4n) is 3.81. The van der Waals surface area contributed by atoms with Crippen molar-refractivity contribution in [3.05, 3.63) is 65.1 Å². The number of hydrogen-bond donors (Lipinski definition) is 3. The summed E-state index contributed by atoms with van der Waals surface area (Å²) in [6, 6.07) is 7.52. The van der Waals surface area contributed by atoms with Gasteiger partial charge in [0.25, 0.3) is 0 Å². The monoisotopic (exact) mass is 489 g/mol. The van der Waals surface area contributed by atoms with E-state index in [-0.39, 0.29) is 16.5 Å². The number of nitrogens with zero attached hydrogens (tertiary/aromatic N) is 4. The van der Waals surface area contributed by atoms with Gasteiger partial charge in [0, 0.05) is 24.7 Å². The van der Waals surface area contributed by atoms with Crippen molar-refractivity contribution in [1.82, 2.24) is 15.0 Å². The minimum atomic E-state index is -4.49. The minimum absolute atomic E-state index is 0.0588. The van der Waals surface area contributed by atoms with E-state index in [0.29, 0.717) is 41.3 Å². The summed E-state index contributed by atoms with van der Waals surface area (Å²) in [4.78, 5) is 14.8. The molecule has 3 aromatic heterocycles. The highest BCUT2D eigenvalue weighted by Crippen LogP contribution is 2.38. The zero-order valence-electron chi connectivity index (χ0n) is 18.1. The Labute approximate surface area is 199 Å². The van der Waals surface area contributed by atoms with Gasteiger partial charge in [0.1, 0.15) is 11.6 Å². The van der Waals surface area contributed by atoms with Crippen LogP contribution in [0.5, 0.6) is 0 Å². The minimum Gasteiger partial charge on any atom is -0.405 e. The van der Waals surface area contributed by atoms with Gasteiger partial charge in [-0.25, -0.2) is 15.0 Å². The third-order valence-corrected chi connectivity index (χ3v) is 5.81. The van der Waals surface area contributed by atoms with Crippen LogP contribution in [0.15, 0.2) is 53.8 Å². The molecule has 178 valence electrons. The smallest absolute Gasteiger partial charge is 0.405 e. The number of anilines is 3. The fraction of sp³-hybridized carbons (Fsp3) is 0.261. The van der Waals surface area contributed by atoms with Crippen molar-refractivity contribution >= 4 is 45.7 Å². The second-order valence-electron chi connectivity index (χ2n) is 7.79. The summed E-state index contributed by atoms with van der Waals surface area (Å²) in [5, 5.41) is 4.00. The van der Waals surface area contributed by atoms with Crippen molar-refractivity contribution < 1.29 is 13.2 Å². The largest absolute Gasteiger partial charge is 0.419 e. The standard InChI is InChI=1S/C23H23ClF3N7/c24-16(8-10-28)20(29)18-6-4-14-17(9-11-30-21(14)32-18)31-19-7-5-15(23(25,26)27)22(33-19)34-12-2-1-3-13-34/h4-11H,1-3,12-13,28-29H2,(H,30,31,32,33)/b10-8-,20-16+. The SMILES string of the molecule is N/C=C\C(Cl)=C(/N)c1ccc2c(Nc3ccc(C(F)(F)F)c(N4CCCCC4)n3)ccnc2n1. The van der Waals surface area contributed by atoms with Crippen LogP contribution in [0.2, 0.25) is 0 Å². The molecule has 1 aliphatic heterocycles. The number of rotatable bonds is 5. The number of pyridine rings is 3. The molecular weight excluding hydrogens is 467 g/mol. The molecule has 34 heavy (non-hydrogen) atoms. The first-order chi connectivity index (χ1) is 16.3. The molecule has 0 aliphatic carbocycles. The van der Waals surface area contributed by atoms with E-state index in [1.54, 1.807) is 29.3 Å². The van der Waals surface area contributed by atoms with Gasteiger partial charge in [-0.2, -0.15) is 13.2 Å². The van der Waals surface area contributed by atoms with Crippen molar-refractivity contribution in [2.24, 2.45) is 11.5 Å². The van der Waals surface area contributed by atoms with Crippen molar-refractivity contribution in [1.29, 1.82) is 0 Å². The lowest BCUT2D eigenvalue weighted by atomic mass is 10.1. The molecule has 0 aromatic carbocycles. The number of allylic oxidation sites excluding steroid dienone is 2. The maximum absolute atomic E-state index is 13.6. The maximum atomic E-state index is 13.6. The summed E-state index contributed by atoms with van der Waals surface area (Å²) < 4.78 is 40.9. The molecule has 4 rings (SSSR count). The fourth-order valence-corrected chi connectivity index (χ4v) is 3.98. The molecule has 7 nitrogen and oxygen atoms in total. The Morgan fingerprint density at radius 3 is 2.53 bits per heavy atom. The van der Waals surface area contributed by atoms with Crippen LogP contribution in [0, 0.1) is 0 Å². The van der Waals surface area contributed by atoms with Crippen LogP contribution in [0.4, 0.5) is 30.5 Å². The third kappa shape index (κ3) is 5.01. The summed E-state index contributed by atoms with van der Waals surface area (Å²) in [6.45, 7) is 1.09. The van der Waals surface area contributed by atoms with Gasteiger partial charge >= 0.3 is 6.18 Å². The maximum Gasteiger partial charge on any atom is 0.419 e. The first-order valence-electron chi connectivity index (χ1n) is 10.7. The molecule has 1 saturated heterocycles. The summed E-state index contributed by atoms with van der Waals surface area (Å²) in [6.07, 6.45) is 2.44. The van der Waals surface area contributed by atoms with Crippen molar-refractivity contribution in [2.45, 2.75) is 25.4 Å². The third-order valence-electron chi connectivity index (χ3n) is 5.48. The van der Waals surface area contributed by atoms with Crippen molar-refractivity contribution in [3.63, 3.8) is 0 Å². The highest BCUT2D eigenvalue weighted by atomic mass is 35.5. The molecule has 1 aliphatic rings. The van der Waals surface area contributed by atoms with Crippen LogP contribution in [0.25, 0.3) is 16.7 Å². The molecule has 0 spiro atoms. The van der Waals surface area contributed by atoms with E-state index in [1.165, 1.54) is 18.3 Å². The number of nitrogens with one attached hydrogen (secondary N) is 1. The van der Waals surface area contributed by atoms with Gasteiger partial charge in [0.15, 0.2) is 5.65 Å². The van der Waals surface area contributed by atoms with Crippen LogP contribution < -0.4 is 21.7 Å². The van der Waals surface area contributed by atoms with Gasteiger partial charge in [0.2, 0.25) is 0 Å². The highest BCUT2D eigenvalue weighted by Gasteiger charge is 2.36.